The molecule has 5 aromatic carbocycles. The van der Waals surface area contributed by atoms with Crippen LogP contribution in [-0.2, 0) is 35.6 Å². The van der Waals surface area contributed by atoms with Gasteiger partial charge in [-0.15, -0.1) is 0 Å². The van der Waals surface area contributed by atoms with Crippen LogP contribution >= 0.6 is 0 Å². The number of hydrogen-bond donors (Lipinski definition) is 2. The summed E-state index contributed by atoms with van der Waals surface area (Å²) < 4.78 is 12.2. The van der Waals surface area contributed by atoms with E-state index in [4.69, 9.17) is 9.47 Å². The highest BCUT2D eigenvalue weighted by Gasteiger charge is 2.22. The van der Waals surface area contributed by atoms with Gasteiger partial charge in [-0.3, -0.25) is 4.79 Å². The predicted octanol–water partition coefficient (Wildman–Crippen LogP) is 6.35. The van der Waals surface area contributed by atoms with Crippen LogP contribution in [0.4, 0.5) is 0 Å². The van der Waals surface area contributed by atoms with E-state index in [1.54, 1.807) is 18.2 Å². The van der Waals surface area contributed by atoms with E-state index in [0.29, 0.717) is 30.3 Å². The molecule has 0 aromatic heterocycles. The molecule has 0 aliphatic rings. The Labute approximate surface area is 239 Å². The summed E-state index contributed by atoms with van der Waals surface area (Å²) in [5, 5.41) is 14.7. The molecule has 41 heavy (non-hydrogen) atoms. The van der Waals surface area contributed by atoms with Crippen molar-refractivity contribution in [3.05, 3.63) is 144 Å². The molecule has 5 aromatic rings. The predicted molar refractivity (Wildman–Crippen MR) is 159 cm³/mol. The fourth-order valence-corrected chi connectivity index (χ4v) is 4.60. The first-order valence-electron chi connectivity index (χ1n) is 13.5. The number of carbonyl (C=O) groups is 2. The molecule has 1 amide bonds. The first kappa shape index (κ1) is 27.5. The number of rotatable bonds is 12. The number of ether oxygens (including phenoxy) is 2. The lowest BCUT2D eigenvalue weighted by atomic mass is 10.0. The topological polar surface area (TPSA) is 84.9 Å². The molecule has 0 saturated heterocycles. The second-order valence-corrected chi connectivity index (χ2v) is 9.85. The standard InChI is InChI=1S/C35H31NO5/c37-34(22-27-15-17-29-13-7-8-14-30(29)19-27)36-31(35(38)39)20-28-16-18-32(40-23-25-9-3-1-4-10-25)33(21-28)41-24-26-11-5-2-6-12-26/h1-19,21,31H,20,22-24H2,(H,36,37)(H,38,39)/t31-/m1/s1. The van der Waals surface area contributed by atoms with Gasteiger partial charge in [-0.1, -0.05) is 109 Å². The normalized spacial score (nSPS) is 11.5. The van der Waals surface area contributed by atoms with Gasteiger partial charge in [0, 0.05) is 6.42 Å². The van der Waals surface area contributed by atoms with Crippen molar-refractivity contribution in [1.82, 2.24) is 5.32 Å². The smallest absolute Gasteiger partial charge is 0.326 e. The molecule has 206 valence electrons. The number of fused-ring (bicyclic) bond motifs is 1. The Kier molecular flexibility index (Phi) is 8.91. The van der Waals surface area contributed by atoms with Crippen molar-refractivity contribution >= 4 is 22.6 Å². The molecule has 1 atom stereocenters. The number of carboxylic acid groups (broad SMARTS) is 1. The van der Waals surface area contributed by atoms with Crippen molar-refractivity contribution in [2.24, 2.45) is 0 Å². The Hall–Kier alpha value is -5.10. The number of carboxylic acids is 1. The first-order valence-corrected chi connectivity index (χ1v) is 13.5. The van der Waals surface area contributed by atoms with E-state index in [9.17, 15) is 14.7 Å². The number of carbonyl (C=O) groups excluding carboxylic acids is 1. The highest BCUT2D eigenvalue weighted by molar-refractivity contribution is 5.87. The van der Waals surface area contributed by atoms with Crippen LogP contribution in [0.2, 0.25) is 0 Å². The van der Waals surface area contributed by atoms with E-state index < -0.39 is 12.0 Å². The Morgan fingerprint density at radius 1 is 0.610 bits per heavy atom. The average Bonchev–Trinajstić information content (AvgIpc) is 3.00. The van der Waals surface area contributed by atoms with Gasteiger partial charge >= 0.3 is 5.97 Å². The SMILES string of the molecule is O=C(Cc1ccc2ccccc2c1)N[C@H](Cc1ccc(OCc2ccccc2)c(OCc2ccccc2)c1)C(=O)O. The minimum Gasteiger partial charge on any atom is -0.485 e. The molecule has 6 heteroatoms. The molecule has 5 rings (SSSR count). The molecule has 0 heterocycles. The second kappa shape index (κ2) is 13.3. The lowest BCUT2D eigenvalue weighted by molar-refractivity contribution is -0.141. The summed E-state index contributed by atoms with van der Waals surface area (Å²) in [6.45, 7) is 0.696. The Balaban J connectivity index is 1.29. The van der Waals surface area contributed by atoms with Crippen LogP contribution in [-0.4, -0.2) is 23.0 Å². The van der Waals surface area contributed by atoms with Crippen LogP contribution in [0.5, 0.6) is 11.5 Å². The Bertz CT molecular complexity index is 1620. The summed E-state index contributed by atoms with van der Waals surface area (Å²) in [5.41, 5.74) is 3.54. The molecule has 0 saturated carbocycles. The zero-order valence-corrected chi connectivity index (χ0v) is 22.5. The summed E-state index contributed by atoms with van der Waals surface area (Å²) in [6, 6.07) is 37.6. The molecule has 6 nitrogen and oxygen atoms in total. The van der Waals surface area contributed by atoms with Gasteiger partial charge in [0.15, 0.2) is 11.5 Å². The molecule has 0 bridgehead atoms. The quantitative estimate of drug-likeness (QED) is 0.191. The minimum absolute atomic E-state index is 0.0896. The van der Waals surface area contributed by atoms with Gasteiger partial charge in [0.05, 0.1) is 6.42 Å². The summed E-state index contributed by atoms with van der Waals surface area (Å²) in [4.78, 5) is 25.0. The summed E-state index contributed by atoms with van der Waals surface area (Å²) in [5.74, 6) is -0.390. The van der Waals surface area contributed by atoms with E-state index >= 15 is 0 Å². The number of aliphatic carboxylic acids is 1. The molecule has 0 fully saturated rings. The maximum Gasteiger partial charge on any atom is 0.326 e. The highest BCUT2D eigenvalue weighted by atomic mass is 16.5. The maximum atomic E-state index is 12.8. The summed E-state index contributed by atoms with van der Waals surface area (Å²) in [6.07, 6.45) is 0.186. The van der Waals surface area contributed by atoms with E-state index in [0.717, 1.165) is 27.5 Å². The number of nitrogens with one attached hydrogen (secondary N) is 1. The fraction of sp³-hybridized carbons (Fsp3) is 0.143. The third-order valence-corrected chi connectivity index (χ3v) is 6.73. The van der Waals surface area contributed by atoms with Gasteiger partial charge in [0.25, 0.3) is 0 Å². The zero-order valence-electron chi connectivity index (χ0n) is 22.5. The van der Waals surface area contributed by atoms with E-state index in [1.165, 1.54) is 0 Å². The monoisotopic (exact) mass is 545 g/mol. The van der Waals surface area contributed by atoms with Gasteiger partial charge in [-0.25, -0.2) is 4.79 Å². The van der Waals surface area contributed by atoms with Crippen LogP contribution in [0.15, 0.2) is 121 Å². The Morgan fingerprint density at radius 3 is 1.85 bits per heavy atom. The van der Waals surface area contributed by atoms with E-state index in [1.807, 2.05) is 103 Å². The van der Waals surface area contributed by atoms with Crippen LogP contribution in [0, 0.1) is 0 Å². The second-order valence-electron chi connectivity index (χ2n) is 9.85. The lowest BCUT2D eigenvalue weighted by Crippen LogP contribution is -2.43. The van der Waals surface area contributed by atoms with Gasteiger partial charge in [-0.2, -0.15) is 0 Å². The van der Waals surface area contributed by atoms with Crippen LogP contribution < -0.4 is 14.8 Å². The highest BCUT2D eigenvalue weighted by Crippen LogP contribution is 2.31. The van der Waals surface area contributed by atoms with Gasteiger partial charge in [0.1, 0.15) is 19.3 Å². The fourth-order valence-electron chi connectivity index (χ4n) is 4.60. The van der Waals surface area contributed by atoms with Gasteiger partial charge in [-0.05, 0) is 45.2 Å². The van der Waals surface area contributed by atoms with E-state index in [-0.39, 0.29) is 18.7 Å². The molecule has 0 aliphatic heterocycles. The molecule has 2 N–H and O–H groups in total. The summed E-state index contributed by atoms with van der Waals surface area (Å²) in [7, 11) is 0. The van der Waals surface area contributed by atoms with Gasteiger partial charge < -0.3 is 19.9 Å². The molecular formula is C35H31NO5. The van der Waals surface area contributed by atoms with Crippen molar-refractivity contribution in [3.8, 4) is 11.5 Å². The number of amides is 1. The van der Waals surface area contributed by atoms with Crippen LogP contribution in [0.1, 0.15) is 22.3 Å². The average molecular weight is 546 g/mol. The Morgan fingerprint density at radius 2 is 1.20 bits per heavy atom. The number of benzene rings is 5. The first-order chi connectivity index (χ1) is 20.0. The van der Waals surface area contributed by atoms with E-state index in [2.05, 4.69) is 5.32 Å². The van der Waals surface area contributed by atoms with Crippen molar-refractivity contribution in [2.45, 2.75) is 32.1 Å². The molecule has 0 radical (unpaired) electrons. The maximum absolute atomic E-state index is 12.8. The number of hydrogen-bond acceptors (Lipinski definition) is 4. The molecular weight excluding hydrogens is 514 g/mol. The van der Waals surface area contributed by atoms with Crippen molar-refractivity contribution in [3.63, 3.8) is 0 Å². The van der Waals surface area contributed by atoms with Crippen molar-refractivity contribution in [1.29, 1.82) is 0 Å². The molecule has 0 aliphatic carbocycles. The zero-order chi connectivity index (χ0) is 28.4. The van der Waals surface area contributed by atoms with Crippen molar-refractivity contribution in [2.75, 3.05) is 0 Å². The van der Waals surface area contributed by atoms with Crippen LogP contribution in [0.25, 0.3) is 10.8 Å². The lowest BCUT2D eigenvalue weighted by Gasteiger charge is -2.18. The third-order valence-electron chi connectivity index (χ3n) is 6.73. The largest absolute Gasteiger partial charge is 0.485 e. The van der Waals surface area contributed by atoms with Gasteiger partial charge in [0.2, 0.25) is 5.91 Å². The van der Waals surface area contributed by atoms with Crippen LogP contribution in [0.3, 0.4) is 0 Å². The molecule has 0 spiro atoms. The third kappa shape index (κ3) is 7.73. The van der Waals surface area contributed by atoms with Crippen molar-refractivity contribution < 1.29 is 24.2 Å². The summed E-state index contributed by atoms with van der Waals surface area (Å²) >= 11 is 0. The minimum atomic E-state index is -1.10. The molecule has 0 unspecified atom stereocenters.